The monoisotopic (exact) mass is 1030 g/mol. The molecule has 5 nitrogen and oxygen atoms in total. The molecule has 0 bridgehead atoms. The van der Waals surface area contributed by atoms with Gasteiger partial charge in [-0.05, 0) is 98.0 Å². The van der Waals surface area contributed by atoms with Crippen molar-refractivity contribution in [2.45, 2.75) is 72.6 Å². The van der Waals surface area contributed by atoms with Gasteiger partial charge in [-0.25, -0.2) is 4.98 Å². The fraction of sp³-hybridized carbons (Fsp3) is 0.186. The molecule has 6 heteroatoms. The maximum Gasteiger partial charge on any atom is 0.268 e. The van der Waals surface area contributed by atoms with Gasteiger partial charge >= 0.3 is 0 Å². The van der Waals surface area contributed by atoms with E-state index in [-0.39, 0.29) is 31.9 Å². The van der Waals surface area contributed by atoms with Crippen LogP contribution in [-0.2, 0) is 38.3 Å². The van der Waals surface area contributed by atoms with Gasteiger partial charge in [0, 0.05) is 44.3 Å². The third kappa shape index (κ3) is 8.12. The first-order valence-corrected chi connectivity index (χ1v) is 22.3. The molecule has 3 heterocycles. The minimum Gasteiger partial charge on any atom is -0.510 e. The Morgan fingerprint density at radius 2 is 1.28 bits per heavy atom. The molecule has 0 amide bonds. The van der Waals surface area contributed by atoms with Crippen molar-refractivity contribution in [2.24, 2.45) is 0 Å². The van der Waals surface area contributed by atoms with Gasteiger partial charge in [0.15, 0.2) is 0 Å². The summed E-state index contributed by atoms with van der Waals surface area (Å²) >= 11 is 0. The van der Waals surface area contributed by atoms with Gasteiger partial charge in [-0.1, -0.05) is 157 Å². The number of nitrogens with zero attached hydrogens (tertiary/aromatic N) is 4. The minimum absolute atomic E-state index is 0. The van der Waals surface area contributed by atoms with Crippen molar-refractivity contribution in [1.82, 2.24) is 14.1 Å². The number of aromatic nitrogens is 4. The number of pyridine rings is 1. The molecule has 3 aromatic heterocycles. The Kier molecular flexibility index (Phi) is 11.5. The summed E-state index contributed by atoms with van der Waals surface area (Å²) in [6.45, 7) is 18.1. The van der Waals surface area contributed by atoms with Crippen LogP contribution < -0.4 is 9.30 Å². The maximum atomic E-state index is 6.66. The van der Waals surface area contributed by atoms with Crippen molar-refractivity contribution in [3.63, 3.8) is 0 Å². The van der Waals surface area contributed by atoms with Crippen molar-refractivity contribution in [3.05, 3.63) is 199 Å². The number of rotatable bonds is 8. The summed E-state index contributed by atoms with van der Waals surface area (Å²) in [6, 6.07) is 61.1. The van der Waals surface area contributed by atoms with Crippen LogP contribution in [0.5, 0.6) is 11.5 Å². The second-order valence-corrected chi connectivity index (χ2v) is 18.9. The molecule has 0 unspecified atom stereocenters. The molecule has 10 rings (SSSR count). The number of benzene rings is 7. The zero-order valence-electron chi connectivity index (χ0n) is 38.2. The molecule has 0 fully saturated rings. The van der Waals surface area contributed by atoms with Gasteiger partial charge in [-0.2, -0.15) is 18.2 Å². The van der Waals surface area contributed by atoms with Crippen molar-refractivity contribution in [3.8, 4) is 50.9 Å². The average Bonchev–Trinajstić information content (AvgIpc) is 3.85. The van der Waals surface area contributed by atoms with Crippen LogP contribution in [0.25, 0.3) is 72.3 Å². The van der Waals surface area contributed by atoms with E-state index in [9.17, 15) is 0 Å². The molecule has 0 spiro atoms. The first kappa shape index (κ1) is 43.7. The predicted octanol–water partition coefficient (Wildman–Crippen LogP) is 14.4. The second kappa shape index (κ2) is 17.1. The summed E-state index contributed by atoms with van der Waals surface area (Å²) in [4.78, 5) is 4.80. The molecule has 0 radical (unpaired) electrons. The molecule has 0 aliphatic heterocycles. The Morgan fingerprint density at radius 3 is 2.02 bits per heavy atom. The summed E-state index contributed by atoms with van der Waals surface area (Å²) < 4.78 is 13.2. The SMILES string of the molecule is CCc1ccnc(-n2c3[c-]c(Oc4[c-]c(-n5[c-][n+](-c6c(-c7ccccc7)cccc6-c6cc(C(C)(C)C)cc(C(C)(C)C)c6)c6c(C)cccc65)ccc4)ccc3c3ccccc32)c1.[Pt]. The van der Waals surface area contributed by atoms with Crippen LogP contribution in [0.1, 0.15) is 70.7 Å². The number of para-hydroxylation sites is 3. The molecule has 0 aliphatic carbocycles. The molecule has 0 atom stereocenters. The van der Waals surface area contributed by atoms with Crippen LogP contribution in [-0.4, -0.2) is 14.1 Å². The van der Waals surface area contributed by atoms with Gasteiger partial charge in [-0.15, -0.1) is 29.7 Å². The average molecular weight is 1030 g/mol. The number of aryl methyl sites for hydroxylation is 2. The van der Waals surface area contributed by atoms with Crippen molar-refractivity contribution >= 4 is 32.8 Å². The molecule has 7 aromatic carbocycles. The standard InChI is InChI=1S/C59H52N4O.Pt/c1-9-40-30-31-60-55(32-40)63-52-26-14-13-23-50(52)51-29-28-47(37-54(51)63)64-46-22-16-21-45(36-46)61-38-62(56-39(2)18-15-27-53(56)61)57-48(41-19-11-10-12-20-41)24-17-25-49(57)42-33-43(58(3,4)5)35-44(34-42)59(6,7)8;/h10-35H,9H2,1-8H3;/q-2;. The molecule has 0 N–H and O–H groups in total. The second-order valence-electron chi connectivity index (χ2n) is 18.9. The zero-order chi connectivity index (χ0) is 44.3. The number of hydrogen-bond acceptors (Lipinski definition) is 2. The van der Waals surface area contributed by atoms with Gasteiger partial charge in [0.1, 0.15) is 5.82 Å². The Morgan fingerprint density at radius 1 is 0.615 bits per heavy atom. The minimum atomic E-state index is -0.0399. The molecule has 326 valence electrons. The van der Waals surface area contributed by atoms with Crippen LogP contribution in [0.15, 0.2) is 158 Å². The van der Waals surface area contributed by atoms with E-state index < -0.39 is 0 Å². The quantitative estimate of drug-likeness (QED) is 0.112. The van der Waals surface area contributed by atoms with Gasteiger partial charge < -0.3 is 13.9 Å². The maximum absolute atomic E-state index is 6.66. The summed E-state index contributed by atoms with van der Waals surface area (Å²) in [7, 11) is 0. The number of ether oxygens (including phenoxy) is 1. The van der Waals surface area contributed by atoms with Crippen LogP contribution in [0.3, 0.4) is 0 Å². The molecule has 10 aromatic rings. The molecule has 0 aliphatic rings. The Labute approximate surface area is 397 Å². The molecular formula is C59H52N4OPt-2. The van der Waals surface area contributed by atoms with E-state index in [1.807, 2.05) is 24.4 Å². The van der Waals surface area contributed by atoms with E-state index in [4.69, 9.17) is 9.72 Å². The number of imidazole rings is 1. The molecule has 0 saturated carbocycles. The van der Waals surface area contributed by atoms with Crippen molar-refractivity contribution in [2.75, 3.05) is 0 Å². The van der Waals surface area contributed by atoms with E-state index in [2.05, 4.69) is 221 Å². The fourth-order valence-corrected chi connectivity index (χ4v) is 8.90. The summed E-state index contributed by atoms with van der Waals surface area (Å²) in [6.07, 6.45) is 6.68. The van der Waals surface area contributed by atoms with E-state index in [0.717, 1.165) is 78.7 Å². The van der Waals surface area contributed by atoms with Crippen molar-refractivity contribution in [1.29, 1.82) is 0 Å². The largest absolute Gasteiger partial charge is 0.510 e. The van der Waals surface area contributed by atoms with Gasteiger partial charge in [0.25, 0.3) is 6.33 Å². The normalized spacial score (nSPS) is 11.9. The number of fused-ring (bicyclic) bond motifs is 4. The third-order valence-electron chi connectivity index (χ3n) is 12.4. The molecule has 65 heavy (non-hydrogen) atoms. The smallest absolute Gasteiger partial charge is 0.268 e. The van der Waals surface area contributed by atoms with Gasteiger partial charge in [0.05, 0.1) is 16.7 Å². The topological polar surface area (TPSA) is 35.9 Å². The van der Waals surface area contributed by atoms with Crippen LogP contribution >= 0.6 is 0 Å². The fourth-order valence-electron chi connectivity index (χ4n) is 8.90. The summed E-state index contributed by atoms with van der Waals surface area (Å²) in [5.41, 5.74) is 15.5. The summed E-state index contributed by atoms with van der Waals surface area (Å²) in [5.74, 6) is 2.03. The first-order valence-electron chi connectivity index (χ1n) is 22.3. The van der Waals surface area contributed by atoms with Gasteiger partial charge in [-0.3, -0.25) is 4.57 Å². The van der Waals surface area contributed by atoms with E-state index in [1.165, 1.54) is 22.3 Å². The predicted molar refractivity (Wildman–Crippen MR) is 262 cm³/mol. The Balaban J connectivity index is 0.00000533. The summed E-state index contributed by atoms with van der Waals surface area (Å²) in [5, 5.41) is 2.23. The number of hydrogen-bond donors (Lipinski definition) is 0. The first-order chi connectivity index (χ1) is 30.9. The van der Waals surface area contributed by atoms with E-state index in [1.54, 1.807) is 0 Å². The van der Waals surface area contributed by atoms with Gasteiger partial charge in [0.2, 0.25) is 0 Å². The zero-order valence-corrected chi connectivity index (χ0v) is 40.5. The Bertz CT molecular complexity index is 3350. The van der Waals surface area contributed by atoms with Crippen LogP contribution in [0.4, 0.5) is 0 Å². The van der Waals surface area contributed by atoms with E-state index in [0.29, 0.717) is 11.5 Å². The van der Waals surface area contributed by atoms with Crippen LogP contribution in [0, 0.1) is 25.4 Å². The third-order valence-corrected chi connectivity index (χ3v) is 12.4. The van der Waals surface area contributed by atoms with Crippen molar-refractivity contribution < 1.29 is 30.4 Å². The molecular weight excluding hydrogens is 976 g/mol. The van der Waals surface area contributed by atoms with Crippen LogP contribution in [0.2, 0.25) is 0 Å². The van der Waals surface area contributed by atoms with E-state index >= 15 is 0 Å². The molecule has 0 saturated heterocycles. The Hall–Kier alpha value is -6.55.